The smallest absolute Gasteiger partial charge is 0.225 e. The molecule has 3 aromatic carbocycles. The van der Waals surface area contributed by atoms with Crippen LogP contribution in [0.5, 0.6) is 23.0 Å². The molecule has 1 heterocycles. The van der Waals surface area contributed by atoms with Crippen molar-refractivity contribution >= 4 is 11.7 Å². The van der Waals surface area contributed by atoms with Gasteiger partial charge in [0.05, 0.1) is 13.2 Å². The van der Waals surface area contributed by atoms with Gasteiger partial charge in [0.1, 0.15) is 11.5 Å². The summed E-state index contributed by atoms with van der Waals surface area (Å²) in [6.45, 7) is 3.93. The molecule has 6 nitrogen and oxygen atoms in total. The Morgan fingerprint density at radius 2 is 1.59 bits per heavy atom. The van der Waals surface area contributed by atoms with Crippen molar-refractivity contribution in [1.29, 1.82) is 0 Å². The van der Waals surface area contributed by atoms with E-state index < -0.39 is 0 Å². The fourth-order valence-electron chi connectivity index (χ4n) is 5.19. The highest BCUT2D eigenvalue weighted by atomic mass is 16.5. The SMILES string of the molecule is COc1cc(C2CC(=O)C3=C(C2)NC(=O)CC3c2cccc(Oc3ccccc3)c2)ccc1OC(C)C. The third kappa shape index (κ3) is 5.38. The molecule has 0 fully saturated rings. The van der Waals surface area contributed by atoms with Crippen LogP contribution < -0.4 is 19.5 Å². The maximum absolute atomic E-state index is 13.5. The number of hydrogen-bond acceptors (Lipinski definition) is 5. The molecule has 3 aromatic rings. The van der Waals surface area contributed by atoms with Crippen LogP contribution in [0.1, 0.15) is 56.1 Å². The Morgan fingerprint density at radius 1 is 0.811 bits per heavy atom. The number of ether oxygens (including phenoxy) is 3. The van der Waals surface area contributed by atoms with Crippen molar-refractivity contribution < 1.29 is 23.8 Å². The van der Waals surface area contributed by atoms with Crippen molar-refractivity contribution in [1.82, 2.24) is 5.32 Å². The quantitative estimate of drug-likeness (QED) is 0.416. The molecule has 37 heavy (non-hydrogen) atoms. The highest BCUT2D eigenvalue weighted by Gasteiger charge is 2.38. The summed E-state index contributed by atoms with van der Waals surface area (Å²) in [6, 6.07) is 23.0. The first kappa shape index (κ1) is 24.6. The van der Waals surface area contributed by atoms with Crippen LogP contribution in [0.15, 0.2) is 84.1 Å². The zero-order valence-electron chi connectivity index (χ0n) is 21.3. The molecule has 1 N–H and O–H groups in total. The van der Waals surface area contributed by atoms with Crippen LogP contribution in [-0.2, 0) is 9.59 Å². The molecule has 2 atom stereocenters. The summed E-state index contributed by atoms with van der Waals surface area (Å²) in [7, 11) is 1.61. The summed E-state index contributed by atoms with van der Waals surface area (Å²) in [5.41, 5.74) is 3.32. The molecule has 0 saturated heterocycles. The van der Waals surface area contributed by atoms with E-state index in [1.54, 1.807) is 7.11 Å². The predicted molar refractivity (Wildman–Crippen MR) is 141 cm³/mol. The van der Waals surface area contributed by atoms with Crippen molar-refractivity contribution in [3.05, 3.63) is 95.2 Å². The van der Waals surface area contributed by atoms with Gasteiger partial charge in [0.2, 0.25) is 5.91 Å². The van der Waals surface area contributed by atoms with Gasteiger partial charge < -0.3 is 19.5 Å². The van der Waals surface area contributed by atoms with Gasteiger partial charge >= 0.3 is 0 Å². The lowest BCUT2D eigenvalue weighted by atomic mass is 9.73. The maximum atomic E-state index is 13.5. The standard InChI is InChI=1S/C31H31NO5/c1-19(2)36-28-13-12-20(17-29(28)35-3)22-15-26-31(27(33)16-22)25(18-30(34)32-26)21-8-7-11-24(14-21)37-23-9-5-4-6-10-23/h4-14,17,19,22,25H,15-16,18H2,1-3H3,(H,32,34). The van der Waals surface area contributed by atoms with E-state index in [-0.39, 0.29) is 36.1 Å². The van der Waals surface area contributed by atoms with Crippen LogP contribution in [0.3, 0.4) is 0 Å². The zero-order chi connectivity index (χ0) is 25.9. The number of para-hydroxylation sites is 1. The minimum absolute atomic E-state index is 0.0229. The van der Waals surface area contributed by atoms with Crippen molar-refractivity contribution in [3.63, 3.8) is 0 Å². The second kappa shape index (κ2) is 10.5. The third-order valence-electron chi connectivity index (χ3n) is 6.80. The number of allylic oxidation sites excluding steroid dienone is 2. The first-order valence-electron chi connectivity index (χ1n) is 12.6. The molecule has 0 aromatic heterocycles. The Labute approximate surface area is 217 Å². The highest BCUT2D eigenvalue weighted by molar-refractivity contribution is 6.02. The van der Waals surface area contributed by atoms with Crippen LogP contribution >= 0.6 is 0 Å². The van der Waals surface area contributed by atoms with Crippen LogP contribution in [0, 0.1) is 0 Å². The number of amides is 1. The summed E-state index contributed by atoms with van der Waals surface area (Å²) in [6.07, 6.45) is 1.21. The lowest BCUT2D eigenvalue weighted by Gasteiger charge is -2.34. The van der Waals surface area contributed by atoms with Crippen molar-refractivity contribution in [2.75, 3.05) is 7.11 Å². The van der Waals surface area contributed by atoms with E-state index in [1.807, 2.05) is 86.6 Å². The van der Waals surface area contributed by atoms with Gasteiger partial charge in [0.25, 0.3) is 0 Å². The van der Waals surface area contributed by atoms with Gasteiger partial charge in [-0.15, -0.1) is 0 Å². The number of nitrogens with one attached hydrogen (secondary N) is 1. The Balaban J connectivity index is 1.43. The summed E-state index contributed by atoms with van der Waals surface area (Å²) in [5.74, 6) is 2.35. The summed E-state index contributed by atoms with van der Waals surface area (Å²) >= 11 is 0. The van der Waals surface area contributed by atoms with E-state index in [9.17, 15) is 9.59 Å². The number of Topliss-reactive ketones (excluding diaryl/α,β-unsaturated/α-hetero) is 1. The molecule has 5 rings (SSSR count). The summed E-state index contributed by atoms with van der Waals surface area (Å²) < 4.78 is 17.4. The minimum Gasteiger partial charge on any atom is -0.493 e. The van der Waals surface area contributed by atoms with Gasteiger partial charge in [-0.3, -0.25) is 9.59 Å². The van der Waals surface area contributed by atoms with E-state index >= 15 is 0 Å². The summed E-state index contributed by atoms with van der Waals surface area (Å²) in [5, 5.41) is 3.00. The largest absolute Gasteiger partial charge is 0.493 e. The van der Waals surface area contributed by atoms with Crippen molar-refractivity contribution in [2.45, 2.75) is 51.0 Å². The average Bonchev–Trinajstić information content (AvgIpc) is 2.88. The van der Waals surface area contributed by atoms with E-state index in [0.717, 1.165) is 22.6 Å². The number of carbonyl (C=O) groups excluding carboxylic acids is 2. The fourth-order valence-corrected chi connectivity index (χ4v) is 5.19. The van der Waals surface area contributed by atoms with Gasteiger partial charge in [-0.05, 0) is 73.7 Å². The van der Waals surface area contributed by atoms with Gasteiger partial charge in [0, 0.05) is 30.0 Å². The maximum Gasteiger partial charge on any atom is 0.225 e. The molecular formula is C31H31NO5. The number of ketones is 1. The first-order chi connectivity index (χ1) is 17.9. The molecule has 0 spiro atoms. The van der Waals surface area contributed by atoms with Crippen molar-refractivity contribution in [3.8, 4) is 23.0 Å². The van der Waals surface area contributed by atoms with Crippen LogP contribution in [-0.4, -0.2) is 24.9 Å². The molecule has 6 heteroatoms. The second-order valence-corrected chi connectivity index (χ2v) is 9.79. The molecule has 0 radical (unpaired) electrons. The summed E-state index contributed by atoms with van der Waals surface area (Å²) in [4.78, 5) is 26.3. The Morgan fingerprint density at radius 3 is 2.35 bits per heavy atom. The van der Waals surface area contributed by atoms with Crippen LogP contribution in [0.2, 0.25) is 0 Å². The average molecular weight is 498 g/mol. The van der Waals surface area contributed by atoms with Gasteiger partial charge in [-0.2, -0.15) is 0 Å². The normalized spacial score (nSPS) is 19.4. The molecule has 1 aliphatic carbocycles. The molecule has 0 saturated carbocycles. The minimum atomic E-state index is -0.298. The second-order valence-electron chi connectivity index (χ2n) is 9.79. The number of rotatable bonds is 7. The molecule has 0 bridgehead atoms. The van der Waals surface area contributed by atoms with E-state index in [1.165, 1.54) is 0 Å². The molecule has 2 aliphatic rings. The molecule has 190 valence electrons. The molecular weight excluding hydrogens is 466 g/mol. The fraction of sp³-hybridized carbons (Fsp3) is 0.290. The van der Waals surface area contributed by atoms with E-state index in [4.69, 9.17) is 14.2 Å². The predicted octanol–water partition coefficient (Wildman–Crippen LogP) is 6.28. The number of hydrogen-bond donors (Lipinski definition) is 1. The molecule has 2 unspecified atom stereocenters. The van der Waals surface area contributed by atoms with Gasteiger partial charge in [-0.25, -0.2) is 0 Å². The van der Waals surface area contributed by atoms with Crippen molar-refractivity contribution in [2.24, 2.45) is 0 Å². The van der Waals surface area contributed by atoms with Gasteiger partial charge in [0.15, 0.2) is 17.3 Å². The van der Waals surface area contributed by atoms with Crippen LogP contribution in [0.4, 0.5) is 0 Å². The monoisotopic (exact) mass is 497 g/mol. The topological polar surface area (TPSA) is 73.9 Å². The highest BCUT2D eigenvalue weighted by Crippen LogP contribution is 2.44. The zero-order valence-corrected chi connectivity index (χ0v) is 21.3. The Kier molecular flexibility index (Phi) is 6.99. The van der Waals surface area contributed by atoms with Gasteiger partial charge in [-0.1, -0.05) is 36.4 Å². The molecule has 1 amide bonds. The Hall–Kier alpha value is -4.06. The van der Waals surface area contributed by atoms with E-state index in [2.05, 4.69) is 5.32 Å². The lowest BCUT2D eigenvalue weighted by Crippen LogP contribution is -2.38. The molecule has 1 aliphatic heterocycles. The van der Waals surface area contributed by atoms with E-state index in [0.29, 0.717) is 35.7 Å². The number of methoxy groups -OCH3 is 1. The van der Waals surface area contributed by atoms with Crippen LogP contribution in [0.25, 0.3) is 0 Å². The number of benzene rings is 3. The third-order valence-corrected chi connectivity index (χ3v) is 6.80. The Bertz CT molecular complexity index is 1340. The first-order valence-corrected chi connectivity index (χ1v) is 12.6. The lowest BCUT2D eigenvalue weighted by molar-refractivity contribution is -0.122. The number of carbonyl (C=O) groups is 2.